The molecule has 0 aliphatic rings. The summed E-state index contributed by atoms with van der Waals surface area (Å²) >= 11 is 16.7. The molecule has 0 aromatic carbocycles. The van der Waals surface area contributed by atoms with Gasteiger partial charge in [-0.1, -0.05) is 23.2 Å². The fourth-order valence-electron chi connectivity index (χ4n) is 0. The van der Waals surface area contributed by atoms with Crippen LogP contribution in [0.2, 0.25) is 0 Å². The van der Waals surface area contributed by atoms with E-state index in [9.17, 15) is 13.2 Å². The minimum atomic E-state index is -3.56. The maximum atomic E-state index is 10.6. The number of hydrogen-bond donors (Lipinski definition) is 0. The van der Waals surface area contributed by atoms with Crippen LogP contribution < -0.4 is 0 Å². The first-order chi connectivity index (χ1) is 3.73. The van der Waals surface area contributed by atoms with E-state index < -0.39 is 9.93 Å². The second-order valence-corrected chi connectivity index (χ2v) is 2.81. The predicted molar refractivity (Wildman–Crippen MR) is 33.3 cm³/mol. The summed E-state index contributed by atoms with van der Waals surface area (Å²) in [7, 11) is 0. The topological polar surface area (TPSA) is 0 Å². The van der Waals surface area contributed by atoms with Crippen molar-refractivity contribution >= 4 is 46.4 Å². The Hall–Kier alpha value is 0.950. The van der Waals surface area contributed by atoms with Crippen LogP contribution in [-0.4, -0.2) is 9.93 Å². The summed E-state index contributed by atoms with van der Waals surface area (Å²) in [6.07, 6.45) is 0. The van der Waals surface area contributed by atoms with Crippen molar-refractivity contribution in [1.82, 2.24) is 0 Å². The molecule has 0 amide bonds. The molecule has 0 aromatic heterocycles. The van der Waals surface area contributed by atoms with Gasteiger partial charge in [-0.3, -0.25) is 0 Å². The summed E-state index contributed by atoms with van der Waals surface area (Å²) in [4.78, 5) is -3.56. The minimum Gasteiger partial charge on any atom is -0.212 e. The average Bonchev–Trinajstić information content (AvgIpc) is 1.19. The molecule has 0 bridgehead atoms. The van der Waals surface area contributed by atoms with Gasteiger partial charge in [-0.2, -0.15) is 8.78 Å². The van der Waals surface area contributed by atoms with Crippen LogP contribution in [0.3, 0.4) is 0 Å². The van der Waals surface area contributed by atoms with Crippen LogP contribution in [0.4, 0.5) is 13.2 Å². The van der Waals surface area contributed by atoms with Crippen LogP contribution in [0.15, 0.2) is 0 Å². The third-order valence-electron chi connectivity index (χ3n) is 0. The Labute approximate surface area is 69.8 Å². The van der Waals surface area contributed by atoms with Gasteiger partial charge in [-0.15, -0.1) is 0 Å². The molecule has 0 heterocycles. The highest BCUT2D eigenvalue weighted by molar-refractivity contribution is 6.45. The van der Waals surface area contributed by atoms with Crippen molar-refractivity contribution in [2.24, 2.45) is 0 Å². The Kier molecular flexibility index (Phi) is 8.01. The molecule has 0 saturated heterocycles. The average molecular weight is 224 g/mol. The third-order valence-corrected chi connectivity index (χ3v) is 0. The zero-order valence-corrected chi connectivity index (χ0v) is 6.75. The van der Waals surface area contributed by atoms with E-state index in [4.69, 9.17) is 0 Å². The number of alkyl halides is 7. The highest BCUT2D eigenvalue weighted by atomic mass is 35.5. The largest absolute Gasteiger partial charge is 0.401 e. The zero-order chi connectivity index (χ0) is 8.08. The zero-order valence-electron chi connectivity index (χ0n) is 3.72. The van der Waals surface area contributed by atoms with Crippen molar-refractivity contribution in [3.63, 3.8) is 0 Å². The Morgan fingerprint density at radius 2 is 1.11 bits per heavy atom. The third kappa shape index (κ3) is 479. The molecule has 0 N–H and O–H groups in total. The van der Waals surface area contributed by atoms with Gasteiger partial charge in [0.15, 0.2) is 0 Å². The van der Waals surface area contributed by atoms with E-state index >= 15 is 0 Å². The summed E-state index contributed by atoms with van der Waals surface area (Å²) in [5.74, 6) is 0. The minimum absolute atomic E-state index is 1.72. The van der Waals surface area contributed by atoms with Gasteiger partial charge >= 0.3 is 4.84 Å². The summed E-state index contributed by atoms with van der Waals surface area (Å²) in [6, 6.07) is 0. The molecule has 0 aliphatic carbocycles. The smallest absolute Gasteiger partial charge is 0.212 e. The number of hydrogen-bond acceptors (Lipinski definition) is 0. The molecule has 0 unspecified atom stereocenters. The molecular formula is C2HCl4F3. The molecular weight excluding hydrogens is 223 g/mol. The molecule has 7 heteroatoms. The second kappa shape index (κ2) is 5.71. The number of halogens is 7. The van der Waals surface area contributed by atoms with Gasteiger partial charge in [0, 0.05) is 0 Å². The Morgan fingerprint density at radius 1 is 1.11 bits per heavy atom. The molecule has 0 rings (SSSR count). The van der Waals surface area contributed by atoms with Crippen molar-refractivity contribution < 1.29 is 13.2 Å². The Morgan fingerprint density at radius 3 is 1.11 bits per heavy atom. The van der Waals surface area contributed by atoms with Gasteiger partial charge < -0.3 is 0 Å². The van der Waals surface area contributed by atoms with E-state index in [0.29, 0.717) is 0 Å². The monoisotopic (exact) mass is 222 g/mol. The van der Waals surface area contributed by atoms with Gasteiger partial charge in [0.2, 0.25) is 5.09 Å². The first kappa shape index (κ1) is 12.6. The van der Waals surface area contributed by atoms with Gasteiger partial charge in [0.1, 0.15) is 0 Å². The Balaban J connectivity index is 0. The van der Waals surface area contributed by atoms with Crippen molar-refractivity contribution in [2.75, 3.05) is 0 Å². The van der Waals surface area contributed by atoms with E-state index in [1.54, 1.807) is 0 Å². The molecule has 0 atom stereocenters. The van der Waals surface area contributed by atoms with E-state index in [1.807, 2.05) is 0 Å². The van der Waals surface area contributed by atoms with Crippen molar-refractivity contribution in [3.8, 4) is 0 Å². The molecule has 0 radical (unpaired) electrons. The van der Waals surface area contributed by atoms with Crippen LogP contribution >= 0.6 is 46.4 Å². The quantitative estimate of drug-likeness (QED) is 0.549. The van der Waals surface area contributed by atoms with E-state index in [2.05, 4.69) is 46.4 Å². The van der Waals surface area contributed by atoms with Crippen molar-refractivity contribution in [1.29, 1.82) is 0 Å². The van der Waals surface area contributed by atoms with Crippen LogP contribution in [0.25, 0.3) is 0 Å². The van der Waals surface area contributed by atoms with Crippen molar-refractivity contribution in [3.05, 3.63) is 0 Å². The van der Waals surface area contributed by atoms with Gasteiger partial charge in [-0.25, -0.2) is 4.39 Å². The molecule has 9 heavy (non-hydrogen) atoms. The molecule has 0 aliphatic heterocycles. The highest BCUT2D eigenvalue weighted by Crippen LogP contribution is 2.22. The second-order valence-electron chi connectivity index (χ2n) is 0.676. The summed E-state index contributed by atoms with van der Waals surface area (Å²) in [6.45, 7) is 0. The van der Waals surface area contributed by atoms with Gasteiger partial charge in [-0.05, 0) is 23.2 Å². The lowest BCUT2D eigenvalue weighted by Gasteiger charge is -1.87. The first-order valence-corrected chi connectivity index (χ1v) is 3.04. The summed E-state index contributed by atoms with van der Waals surface area (Å²) in [5.41, 5.74) is 0. The lowest BCUT2D eigenvalue weighted by molar-refractivity contribution is 0.194. The highest BCUT2D eigenvalue weighted by Gasteiger charge is 2.17. The van der Waals surface area contributed by atoms with Gasteiger partial charge in [0.05, 0.1) is 0 Å². The van der Waals surface area contributed by atoms with E-state index in [-0.39, 0.29) is 0 Å². The van der Waals surface area contributed by atoms with E-state index in [0.717, 1.165) is 0 Å². The Bertz CT molecular complexity index is 50.6. The summed E-state index contributed by atoms with van der Waals surface area (Å²) in [5, 5.41) is -1.72. The summed E-state index contributed by atoms with van der Waals surface area (Å²) < 4.78 is 31.6. The van der Waals surface area contributed by atoms with Crippen LogP contribution in [0.5, 0.6) is 0 Å². The maximum absolute atomic E-state index is 10.6. The molecule has 0 saturated carbocycles. The molecule has 0 fully saturated rings. The maximum Gasteiger partial charge on any atom is 0.401 e. The first-order valence-electron chi connectivity index (χ1n) is 1.41. The fraction of sp³-hybridized carbons (Fsp3) is 1.00. The van der Waals surface area contributed by atoms with Crippen LogP contribution in [0, 0.1) is 0 Å². The van der Waals surface area contributed by atoms with Crippen LogP contribution in [-0.2, 0) is 0 Å². The lowest BCUT2D eigenvalue weighted by Crippen LogP contribution is -1.86. The molecule has 0 spiro atoms. The lowest BCUT2D eigenvalue weighted by atomic mass is 11.7. The van der Waals surface area contributed by atoms with Crippen molar-refractivity contribution in [2.45, 2.75) is 9.93 Å². The predicted octanol–water partition coefficient (Wildman–Crippen LogP) is 3.73. The molecule has 0 nitrogen and oxygen atoms in total. The molecule has 0 aromatic rings. The standard InChI is InChI=1S/CCl2F2.CHCl2F/c2-1(3,4)5;2-1(3)4/h;1H. The number of rotatable bonds is 0. The fourth-order valence-corrected chi connectivity index (χ4v) is 0. The van der Waals surface area contributed by atoms with E-state index in [1.165, 1.54) is 0 Å². The van der Waals surface area contributed by atoms with Crippen LogP contribution in [0.1, 0.15) is 0 Å². The SMILES string of the molecule is FC(Cl)Cl.FC(F)(Cl)Cl. The normalized spacial score (nSPS) is 10.7. The molecule has 58 valence electrons. The van der Waals surface area contributed by atoms with Gasteiger partial charge in [0.25, 0.3) is 0 Å².